The van der Waals surface area contributed by atoms with Gasteiger partial charge in [-0.3, -0.25) is 0 Å². The van der Waals surface area contributed by atoms with Crippen LogP contribution in [0.2, 0.25) is 0 Å². The molecule has 0 aromatic carbocycles. The Morgan fingerprint density at radius 2 is 2.42 bits per heavy atom. The molecule has 0 radical (unpaired) electrons. The van der Waals surface area contributed by atoms with Gasteiger partial charge in [0.05, 0.1) is 11.7 Å². The Bertz CT molecular complexity index is 430. The largest absolute Gasteiger partial charge is 0.359 e. The average Bonchev–Trinajstić information content (AvgIpc) is 3.06. The van der Waals surface area contributed by atoms with Gasteiger partial charge in [-0.25, -0.2) is 4.79 Å². The first-order valence-electron chi connectivity index (χ1n) is 7.18. The number of urea groups is 1. The van der Waals surface area contributed by atoms with Gasteiger partial charge < -0.3 is 14.7 Å². The number of carbonyl (C=O) groups is 1. The van der Waals surface area contributed by atoms with Crippen molar-refractivity contribution in [3.8, 4) is 0 Å². The Morgan fingerprint density at radius 3 is 3.05 bits per heavy atom. The van der Waals surface area contributed by atoms with Crippen LogP contribution >= 0.6 is 0 Å². The molecule has 2 amide bonds. The lowest BCUT2D eigenvalue weighted by atomic mass is 10.1. The zero-order valence-electron chi connectivity index (χ0n) is 12.0. The van der Waals surface area contributed by atoms with Crippen LogP contribution in [0.25, 0.3) is 0 Å². The minimum absolute atomic E-state index is 0.00583. The number of nitrogens with zero attached hydrogens (tertiary/aromatic N) is 2. The predicted octanol–water partition coefficient (Wildman–Crippen LogP) is 2.88. The highest BCUT2D eigenvalue weighted by molar-refractivity contribution is 5.75. The lowest BCUT2D eigenvalue weighted by Gasteiger charge is -2.24. The Kier molecular flexibility index (Phi) is 4.45. The number of rotatable bonds is 4. The molecule has 0 aliphatic carbocycles. The lowest BCUT2D eigenvalue weighted by molar-refractivity contribution is 0.179. The second-order valence-electron chi connectivity index (χ2n) is 5.18. The average molecular weight is 265 g/mol. The standard InChI is InChI=1S/C14H23N3O2/c1-4-10(3)15-14(18)17-8-6-7-12(17)13-9-11(5-2)16-19-13/h9-10,12H,4-8H2,1-3H3,(H,15,18)/t10-,12+/m0/s1. The van der Waals surface area contributed by atoms with E-state index in [9.17, 15) is 4.79 Å². The highest BCUT2D eigenvalue weighted by Gasteiger charge is 2.33. The van der Waals surface area contributed by atoms with Crippen LogP contribution in [0.5, 0.6) is 0 Å². The molecule has 1 aromatic rings. The van der Waals surface area contributed by atoms with E-state index in [4.69, 9.17) is 4.52 Å². The van der Waals surface area contributed by atoms with E-state index < -0.39 is 0 Å². The molecular weight excluding hydrogens is 242 g/mol. The summed E-state index contributed by atoms with van der Waals surface area (Å²) in [6.07, 6.45) is 3.76. The molecule has 5 heteroatoms. The summed E-state index contributed by atoms with van der Waals surface area (Å²) in [5.41, 5.74) is 0.948. The van der Waals surface area contributed by atoms with E-state index in [1.54, 1.807) is 0 Å². The van der Waals surface area contributed by atoms with Crippen molar-refractivity contribution in [1.29, 1.82) is 0 Å². The van der Waals surface area contributed by atoms with Crippen LogP contribution < -0.4 is 5.32 Å². The van der Waals surface area contributed by atoms with Crippen LogP contribution in [0, 0.1) is 0 Å². The van der Waals surface area contributed by atoms with Crippen molar-refractivity contribution >= 4 is 6.03 Å². The van der Waals surface area contributed by atoms with Gasteiger partial charge in [-0.15, -0.1) is 0 Å². The van der Waals surface area contributed by atoms with Crippen molar-refractivity contribution in [2.24, 2.45) is 0 Å². The maximum absolute atomic E-state index is 12.2. The SMILES string of the molecule is CCc1cc([C@H]2CCCN2C(=O)N[C@@H](C)CC)on1. The summed E-state index contributed by atoms with van der Waals surface area (Å²) in [4.78, 5) is 14.1. The number of carbonyl (C=O) groups excluding carboxylic acids is 1. The molecule has 1 aliphatic rings. The van der Waals surface area contributed by atoms with Crippen molar-refractivity contribution in [1.82, 2.24) is 15.4 Å². The van der Waals surface area contributed by atoms with E-state index in [-0.39, 0.29) is 18.1 Å². The predicted molar refractivity (Wildman–Crippen MR) is 72.8 cm³/mol. The second kappa shape index (κ2) is 6.08. The van der Waals surface area contributed by atoms with E-state index >= 15 is 0 Å². The second-order valence-corrected chi connectivity index (χ2v) is 5.18. The summed E-state index contributed by atoms with van der Waals surface area (Å²) < 4.78 is 5.38. The summed E-state index contributed by atoms with van der Waals surface area (Å²) in [6.45, 7) is 6.92. The fourth-order valence-corrected chi connectivity index (χ4v) is 2.35. The van der Waals surface area contributed by atoms with Gasteiger partial charge in [-0.2, -0.15) is 0 Å². The maximum atomic E-state index is 12.2. The van der Waals surface area contributed by atoms with Crippen LogP contribution in [0.15, 0.2) is 10.6 Å². The van der Waals surface area contributed by atoms with Gasteiger partial charge in [0.15, 0.2) is 5.76 Å². The summed E-state index contributed by atoms with van der Waals surface area (Å²) in [5.74, 6) is 0.814. The number of likely N-dealkylation sites (tertiary alicyclic amines) is 1. The van der Waals surface area contributed by atoms with Crippen molar-refractivity contribution in [2.75, 3.05) is 6.54 Å². The van der Waals surface area contributed by atoms with Crippen LogP contribution in [-0.4, -0.2) is 28.7 Å². The first-order valence-corrected chi connectivity index (χ1v) is 7.18. The van der Waals surface area contributed by atoms with E-state index in [1.165, 1.54) is 0 Å². The highest BCUT2D eigenvalue weighted by atomic mass is 16.5. The Balaban J connectivity index is 2.06. The minimum Gasteiger partial charge on any atom is -0.359 e. The normalized spacial score (nSPS) is 20.6. The van der Waals surface area contributed by atoms with Crippen molar-refractivity contribution in [2.45, 2.75) is 58.5 Å². The van der Waals surface area contributed by atoms with Gasteiger partial charge in [0.25, 0.3) is 0 Å². The molecule has 1 aliphatic heterocycles. The number of hydrogen-bond acceptors (Lipinski definition) is 3. The summed E-state index contributed by atoms with van der Waals surface area (Å²) >= 11 is 0. The molecule has 5 nitrogen and oxygen atoms in total. The topological polar surface area (TPSA) is 58.4 Å². The molecule has 19 heavy (non-hydrogen) atoms. The van der Waals surface area contributed by atoms with Gasteiger partial charge in [-0.1, -0.05) is 19.0 Å². The molecule has 1 saturated heterocycles. The third-order valence-corrected chi connectivity index (χ3v) is 3.76. The molecule has 0 bridgehead atoms. The third kappa shape index (κ3) is 3.08. The van der Waals surface area contributed by atoms with E-state index in [0.29, 0.717) is 0 Å². The smallest absolute Gasteiger partial charge is 0.318 e. The quantitative estimate of drug-likeness (QED) is 0.910. The van der Waals surface area contributed by atoms with Crippen LogP contribution in [0.1, 0.15) is 57.5 Å². The van der Waals surface area contributed by atoms with Crippen LogP contribution in [0.3, 0.4) is 0 Å². The zero-order chi connectivity index (χ0) is 13.8. The monoisotopic (exact) mass is 265 g/mol. The molecular formula is C14H23N3O2. The third-order valence-electron chi connectivity index (χ3n) is 3.76. The summed E-state index contributed by atoms with van der Waals surface area (Å²) in [7, 11) is 0. The molecule has 1 N–H and O–H groups in total. The first-order chi connectivity index (χ1) is 9.15. The van der Waals surface area contributed by atoms with Gasteiger partial charge in [-0.05, 0) is 32.6 Å². The molecule has 0 spiro atoms. The molecule has 2 rings (SSSR count). The zero-order valence-corrected chi connectivity index (χ0v) is 12.0. The van der Waals surface area contributed by atoms with E-state index in [1.807, 2.05) is 24.8 Å². The van der Waals surface area contributed by atoms with Gasteiger partial charge in [0, 0.05) is 18.7 Å². The molecule has 1 aromatic heterocycles. The number of nitrogens with one attached hydrogen (secondary N) is 1. The van der Waals surface area contributed by atoms with Crippen LogP contribution in [-0.2, 0) is 6.42 Å². The summed E-state index contributed by atoms with van der Waals surface area (Å²) in [6, 6.07) is 2.22. The Morgan fingerprint density at radius 1 is 1.63 bits per heavy atom. The van der Waals surface area contributed by atoms with Crippen molar-refractivity contribution < 1.29 is 9.32 Å². The molecule has 0 unspecified atom stereocenters. The molecule has 106 valence electrons. The maximum Gasteiger partial charge on any atom is 0.318 e. The Labute approximate surface area is 114 Å². The van der Waals surface area contributed by atoms with E-state index in [0.717, 1.165) is 43.7 Å². The van der Waals surface area contributed by atoms with Gasteiger partial charge >= 0.3 is 6.03 Å². The number of amides is 2. The molecule has 2 atom stereocenters. The fraction of sp³-hybridized carbons (Fsp3) is 0.714. The van der Waals surface area contributed by atoms with Crippen molar-refractivity contribution in [3.63, 3.8) is 0 Å². The fourth-order valence-electron chi connectivity index (χ4n) is 2.35. The highest BCUT2D eigenvalue weighted by Crippen LogP contribution is 2.32. The number of aryl methyl sites for hydroxylation is 1. The number of hydrogen-bond donors (Lipinski definition) is 1. The van der Waals surface area contributed by atoms with Gasteiger partial charge in [0.1, 0.15) is 0 Å². The molecule has 0 saturated carbocycles. The Hall–Kier alpha value is -1.52. The first kappa shape index (κ1) is 13.9. The van der Waals surface area contributed by atoms with E-state index in [2.05, 4.69) is 17.4 Å². The summed E-state index contributed by atoms with van der Waals surface area (Å²) in [5, 5.41) is 7.03. The number of aromatic nitrogens is 1. The molecule has 1 fully saturated rings. The van der Waals surface area contributed by atoms with Crippen LogP contribution in [0.4, 0.5) is 4.79 Å². The van der Waals surface area contributed by atoms with Gasteiger partial charge in [0.2, 0.25) is 0 Å². The molecule has 2 heterocycles. The lowest BCUT2D eigenvalue weighted by Crippen LogP contribution is -2.43. The van der Waals surface area contributed by atoms with Crippen molar-refractivity contribution in [3.05, 3.63) is 17.5 Å². The minimum atomic E-state index is 0.00583.